The van der Waals surface area contributed by atoms with Crippen LogP contribution in [0, 0.1) is 5.82 Å². The van der Waals surface area contributed by atoms with Gasteiger partial charge in [-0.25, -0.2) is 4.39 Å². The summed E-state index contributed by atoms with van der Waals surface area (Å²) in [7, 11) is 2.08. The quantitative estimate of drug-likeness (QED) is 0.736. The highest BCUT2D eigenvalue weighted by molar-refractivity contribution is 5.20. The van der Waals surface area contributed by atoms with Gasteiger partial charge in [-0.1, -0.05) is 38.5 Å². The molecule has 1 aromatic rings. The zero-order valence-corrected chi connectivity index (χ0v) is 13.3. The van der Waals surface area contributed by atoms with Crippen molar-refractivity contribution in [1.82, 2.24) is 10.2 Å². The number of hydrogen-bond acceptors (Lipinski definition) is 2. The second-order valence-corrected chi connectivity index (χ2v) is 5.58. The summed E-state index contributed by atoms with van der Waals surface area (Å²) < 4.78 is 13.8. The van der Waals surface area contributed by atoms with Gasteiger partial charge < -0.3 is 5.32 Å². The van der Waals surface area contributed by atoms with E-state index >= 15 is 0 Å². The van der Waals surface area contributed by atoms with E-state index in [1.165, 1.54) is 6.42 Å². The van der Waals surface area contributed by atoms with Crippen LogP contribution in [-0.4, -0.2) is 31.1 Å². The fourth-order valence-electron chi connectivity index (χ4n) is 2.51. The van der Waals surface area contributed by atoms with Crippen molar-refractivity contribution in [3.05, 3.63) is 35.6 Å². The minimum atomic E-state index is -0.111. The van der Waals surface area contributed by atoms with Crippen LogP contribution in [0.4, 0.5) is 4.39 Å². The lowest BCUT2D eigenvalue weighted by Crippen LogP contribution is -2.40. The maximum absolute atomic E-state index is 13.8. The fraction of sp³-hybridized carbons (Fsp3) is 0.647. The summed E-state index contributed by atoms with van der Waals surface area (Å²) in [5.41, 5.74) is 0.778. The van der Waals surface area contributed by atoms with Crippen LogP contribution in [0.15, 0.2) is 24.3 Å². The predicted octanol–water partition coefficient (Wildman–Crippen LogP) is 3.99. The number of nitrogens with one attached hydrogen (secondary N) is 1. The number of nitrogens with zero attached hydrogens (tertiary/aromatic N) is 1. The molecule has 3 heteroatoms. The van der Waals surface area contributed by atoms with Crippen LogP contribution in [0.2, 0.25) is 0 Å². The van der Waals surface area contributed by atoms with E-state index in [0.29, 0.717) is 6.04 Å². The molecule has 0 aliphatic heterocycles. The van der Waals surface area contributed by atoms with Crippen molar-refractivity contribution in [3.63, 3.8) is 0 Å². The molecule has 0 aliphatic carbocycles. The van der Waals surface area contributed by atoms with Gasteiger partial charge in [-0.05, 0) is 39.4 Å². The van der Waals surface area contributed by atoms with Crippen LogP contribution in [0.1, 0.15) is 51.6 Å². The summed E-state index contributed by atoms with van der Waals surface area (Å²) in [5, 5.41) is 3.59. The molecule has 1 N–H and O–H groups in total. The molecular formula is C17H29FN2. The van der Waals surface area contributed by atoms with Crippen LogP contribution in [0.5, 0.6) is 0 Å². The van der Waals surface area contributed by atoms with Crippen LogP contribution >= 0.6 is 0 Å². The molecule has 0 radical (unpaired) electrons. The molecule has 0 saturated carbocycles. The first-order chi connectivity index (χ1) is 9.60. The zero-order valence-electron chi connectivity index (χ0n) is 13.3. The van der Waals surface area contributed by atoms with Gasteiger partial charge in [0.2, 0.25) is 0 Å². The van der Waals surface area contributed by atoms with Crippen LogP contribution in [0.3, 0.4) is 0 Å². The monoisotopic (exact) mass is 280 g/mol. The minimum absolute atomic E-state index is 0.0963. The molecule has 0 spiro atoms. The van der Waals surface area contributed by atoms with E-state index < -0.39 is 0 Å². The first-order valence-corrected chi connectivity index (χ1v) is 7.78. The Morgan fingerprint density at radius 1 is 1.20 bits per heavy atom. The maximum atomic E-state index is 13.8. The van der Waals surface area contributed by atoms with E-state index in [1.54, 1.807) is 12.1 Å². The highest BCUT2D eigenvalue weighted by Gasteiger charge is 2.18. The van der Waals surface area contributed by atoms with Crippen molar-refractivity contribution in [2.45, 2.75) is 52.1 Å². The Bertz CT molecular complexity index is 381. The number of likely N-dealkylation sites (N-methyl/N-ethyl adjacent to an activating group) is 1. The predicted molar refractivity (Wildman–Crippen MR) is 84.4 cm³/mol. The average molecular weight is 280 g/mol. The Labute approximate surface area is 123 Å². The highest BCUT2D eigenvalue weighted by Crippen LogP contribution is 2.21. The summed E-state index contributed by atoms with van der Waals surface area (Å²) >= 11 is 0. The average Bonchev–Trinajstić information content (AvgIpc) is 2.44. The molecule has 2 unspecified atom stereocenters. The van der Waals surface area contributed by atoms with Crippen molar-refractivity contribution in [2.24, 2.45) is 0 Å². The van der Waals surface area contributed by atoms with Gasteiger partial charge in [0, 0.05) is 24.2 Å². The van der Waals surface area contributed by atoms with E-state index in [4.69, 9.17) is 0 Å². The Morgan fingerprint density at radius 3 is 2.50 bits per heavy atom. The van der Waals surface area contributed by atoms with E-state index in [9.17, 15) is 4.39 Å². The van der Waals surface area contributed by atoms with Gasteiger partial charge >= 0.3 is 0 Å². The minimum Gasteiger partial charge on any atom is -0.313 e. The molecule has 0 bridgehead atoms. The van der Waals surface area contributed by atoms with Crippen molar-refractivity contribution >= 4 is 0 Å². The van der Waals surface area contributed by atoms with Gasteiger partial charge in [0.1, 0.15) is 5.82 Å². The van der Waals surface area contributed by atoms with Crippen LogP contribution in [-0.2, 0) is 0 Å². The molecule has 2 atom stereocenters. The maximum Gasteiger partial charge on any atom is 0.127 e. The second kappa shape index (κ2) is 9.09. The third-order valence-electron chi connectivity index (χ3n) is 3.84. The van der Waals surface area contributed by atoms with Crippen LogP contribution in [0.25, 0.3) is 0 Å². The third-order valence-corrected chi connectivity index (χ3v) is 3.84. The highest BCUT2D eigenvalue weighted by atomic mass is 19.1. The van der Waals surface area contributed by atoms with Gasteiger partial charge in [-0.3, -0.25) is 4.90 Å². The first kappa shape index (κ1) is 17.1. The summed E-state index contributed by atoms with van der Waals surface area (Å²) in [4.78, 5) is 2.24. The Kier molecular flexibility index (Phi) is 7.78. The molecule has 0 saturated heterocycles. The number of rotatable bonds is 9. The molecule has 20 heavy (non-hydrogen) atoms. The van der Waals surface area contributed by atoms with Gasteiger partial charge in [0.25, 0.3) is 0 Å². The van der Waals surface area contributed by atoms with Gasteiger partial charge in [-0.15, -0.1) is 0 Å². The van der Waals surface area contributed by atoms with Gasteiger partial charge in [0.15, 0.2) is 0 Å². The Hall–Kier alpha value is -0.930. The summed E-state index contributed by atoms with van der Waals surface area (Å²) in [6, 6.07) is 7.65. The Balaban J connectivity index is 2.63. The van der Waals surface area contributed by atoms with Crippen LogP contribution < -0.4 is 5.32 Å². The molecule has 0 amide bonds. The van der Waals surface area contributed by atoms with E-state index in [0.717, 1.165) is 31.5 Å². The van der Waals surface area contributed by atoms with Gasteiger partial charge in [0.05, 0.1) is 0 Å². The molecule has 0 heterocycles. The Morgan fingerprint density at radius 2 is 1.90 bits per heavy atom. The first-order valence-electron chi connectivity index (χ1n) is 7.78. The van der Waals surface area contributed by atoms with Crippen molar-refractivity contribution in [2.75, 3.05) is 20.1 Å². The van der Waals surface area contributed by atoms with E-state index in [2.05, 4.69) is 38.0 Å². The molecule has 2 nitrogen and oxygen atoms in total. The number of hydrogen-bond donors (Lipinski definition) is 1. The summed E-state index contributed by atoms with van der Waals surface area (Å²) in [6.45, 7) is 8.46. The summed E-state index contributed by atoms with van der Waals surface area (Å²) in [6.07, 6.45) is 3.48. The lowest BCUT2D eigenvalue weighted by Gasteiger charge is -2.30. The lowest BCUT2D eigenvalue weighted by molar-refractivity contribution is 0.221. The normalized spacial score (nSPS) is 14.5. The van der Waals surface area contributed by atoms with E-state index in [-0.39, 0.29) is 11.9 Å². The zero-order chi connectivity index (χ0) is 15.0. The second-order valence-electron chi connectivity index (χ2n) is 5.58. The molecule has 0 fully saturated rings. The van der Waals surface area contributed by atoms with Crippen molar-refractivity contribution < 1.29 is 4.39 Å². The molecule has 0 aliphatic rings. The molecule has 1 aromatic carbocycles. The largest absolute Gasteiger partial charge is 0.313 e. The van der Waals surface area contributed by atoms with Crippen molar-refractivity contribution in [3.8, 4) is 0 Å². The smallest absolute Gasteiger partial charge is 0.127 e. The standard InChI is InChI=1S/C17H29FN2/c1-5-9-15(19-12-6-2)13-20(4)14(3)16-10-7-8-11-17(16)18/h7-8,10-11,14-15,19H,5-6,9,12-13H2,1-4H3. The molecule has 0 aromatic heterocycles. The molecule has 1 rings (SSSR count). The number of benzene rings is 1. The van der Waals surface area contributed by atoms with Gasteiger partial charge in [-0.2, -0.15) is 0 Å². The van der Waals surface area contributed by atoms with Crippen molar-refractivity contribution in [1.29, 1.82) is 0 Å². The number of halogens is 1. The third kappa shape index (κ3) is 5.22. The lowest BCUT2D eigenvalue weighted by atomic mass is 10.0. The SMILES string of the molecule is CCCNC(CCC)CN(C)C(C)c1ccccc1F. The summed E-state index contributed by atoms with van der Waals surface area (Å²) in [5.74, 6) is -0.111. The topological polar surface area (TPSA) is 15.3 Å². The van der Waals surface area contributed by atoms with E-state index in [1.807, 2.05) is 12.1 Å². The molecular weight excluding hydrogens is 251 g/mol. The molecule has 114 valence electrons. The fourth-order valence-corrected chi connectivity index (χ4v) is 2.51.